The van der Waals surface area contributed by atoms with E-state index in [1.807, 2.05) is 24.3 Å². The Bertz CT molecular complexity index is 1010. The quantitative estimate of drug-likeness (QED) is 0.413. The zero-order valence-corrected chi connectivity index (χ0v) is 16.6. The number of para-hydroxylation sites is 1. The fraction of sp³-hybridized carbons (Fsp3) is 0.0952. The van der Waals surface area contributed by atoms with Crippen LogP contribution in [-0.2, 0) is 4.79 Å². The number of amides is 1. The van der Waals surface area contributed by atoms with Crippen molar-refractivity contribution in [1.29, 1.82) is 0 Å². The van der Waals surface area contributed by atoms with E-state index in [-0.39, 0.29) is 11.5 Å². The van der Waals surface area contributed by atoms with E-state index < -0.39 is 5.97 Å². The van der Waals surface area contributed by atoms with Crippen LogP contribution in [-0.4, -0.2) is 22.8 Å². The Labute approximate surface area is 172 Å². The molecule has 0 atom stereocenters. The molecule has 0 radical (unpaired) electrons. The Balaban J connectivity index is 1.97. The summed E-state index contributed by atoms with van der Waals surface area (Å²) in [6.07, 6.45) is 3.36. The highest BCUT2D eigenvalue weighted by atomic mass is 32.2. The van der Waals surface area contributed by atoms with E-state index in [2.05, 4.69) is 6.58 Å². The summed E-state index contributed by atoms with van der Waals surface area (Å²) in [5.74, 6) is -0.995. The van der Waals surface area contributed by atoms with Gasteiger partial charge in [-0.25, -0.2) is 0 Å². The number of carbonyl (C=O) groups excluding carboxylic acids is 2. The van der Waals surface area contributed by atoms with Crippen molar-refractivity contribution in [3.8, 4) is 5.75 Å². The lowest BCUT2D eigenvalue weighted by atomic mass is 10.1. The lowest BCUT2D eigenvalue weighted by Gasteiger charge is -2.18. The van der Waals surface area contributed by atoms with E-state index in [0.29, 0.717) is 27.3 Å². The fourth-order valence-corrected chi connectivity index (χ4v) is 3.95. The number of thiocarbonyl (C=S) groups is 1. The van der Waals surface area contributed by atoms with Gasteiger partial charge < -0.3 is 14.6 Å². The van der Waals surface area contributed by atoms with Gasteiger partial charge in [-0.05, 0) is 36.3 Å². The molecule has 0 bridgehead atoms. The highest BCUT2D eigenvalue weighted by molar-refractivity contribution is 8.27. The number of aromatic carboxylic acids is 1. The molecule has 2 aromatic carbocycles. The first kappa shape index (κ1) is 19.9. The summed E-state index contributed by atoms with van der Waals surface area (Å²) in [7, 11) is 0. The normalized spacial score (nSPS) is 15.2. The van der Waals surface area contributed by atoms with Crippen LogP contribution in [0.3, 0.4) is 0 Å². The highest BCUT2D eigenvalue weighted by Crippen LogP contribution is 2.38. The zero-order chi connectivity index (χ0) is 20.3. The number of aryl methyl sites for hydroxylation is 1. The molecule has 7 heteroatoms. The maximum atomic E-state index is 13.0. The Morgan fingerprint density at radius 3 is 2.79 bits per heavy atom. The van der Waals surface area contributed by atoms with Gasteiger partial charge in [-0.3, -0.25) is 9.69 Å². The molecule has 1 aliphatic heterocycles. The van der Waals surface area contributed by atoms with Crippen molar-refractivity contribution in [3.63, 3.8) is 0 Å². The molecule has 5 nitrogen and oxygen atoms in total. The average molecular weight is 410 g/mol. The predicted molar refractivity (Wildman–Crippen MR) is 113 cm³/mol. The van der Waals surface area contributed by atoms with Crippen LogP contribution >= 0.6 is 24.0 Å². The molecule has 1 fully saturated rings. The molecule has 0 spiro atoms. The number of hydrogen-bond acceptors (Lipinski definition) is 6. The third-order valence-corrected chi connectivity index (χ3v) is 5.34. The summed E-state index contributed by atoms with van der Waals surface area (Å²) in [4.78, 5) is 26.0. The fourth-order valence-electron chi connectivity index (χ4n) is 2.67. The molecule has 0 unspecified atom stereocenters. The zero-order valence-electron chi connectivity index (χ0n) is 15.0. The van der Waals surface area contributed by atoms with Gasteiger partial charge in [0.2, 0.25) is 0 Å². The Morgan fingerprint density at radius 1 is 1.32 bits per heavy atom. The predicted octanol–water partition coefficient (Wildman–Crippen LogP) is 3.33. The molecule has 1 amide bonds. The third kappa shape index (κ3) is 4.00. The summed E-state index contributed by atoms with van der Waals surface area (Å²) < 4.78 is 5.96. The summed E-state index contributed by atoms with van der Waals surface area (Å²) in [5, 5.41) is 11.2. The van der Waals surface area contributed by atoms with Crippen LogP contribution in [0.4, 0.5) is 5.69 Å². The number of ether oxygens (including phenoxy) is 1. The number of thioether (sulfide) groups is 1. The molecular formula is C21H16NO4S2-. The summed E-state index contributed by atoms with van der Waals surface area (Å²) >= 11 is 6.54. The van der Waals surface area contributed by atoms with Crippen molar-refractivity contribution in [3.05, 3.63) is 76.7 Å². The molecule has 1 aliphatic rings. The summed E-state index contributed by atoms with van der Waals surface area (Å²) in [6.45, 7) is 5.77. The van der Waals surface area contributed by atoms with E-state index in [1.165, 1.54) is 17.0 Å². The number of hydrogen-bond donors (Lipinski definition) is 0. The number of carboxylic acids is 1. The van der Waals surface area contributed by atoms with E-state index in [4.69, 9.17) is 17.0 Å². The number of carboxylic acid groups (broad SMARTS) is 1. The molecule has 0 aromatic heterocycles. The molecule has 0 N–H and O–H groups in total. The topological polar surface area (TPSA) is 69.7 Å². The van der Waals surface area contributed by atoms with Crippen LogP contribution in [0, 0.1) is 6.92 Å². The number of benzene rings is 2. The minimum absolute atomic E-state index is 0.0122. The van der Waals surface area contributed by atoms with Gasteiger partial charge in [0, 0.05) is 5.56 Å². The van der Waals surface area contributed by atoms with Crippen molar-refractivity contribution >= 4 is 51.9 Å². The number of rotatable bonds is 6. The van der Waals surface area contributed by atoms with Gasteiger partial charge in [0.05, 0.1) is 16.6 Å². The molecule has 0 saturated carbocycles. The summed E-state index contributed by atoms with van der Waals surface area (Å²) in [6, 6.07) is 11.8. The van der Waals surface area contributed by atoms with E-state index in [1.54, 1.807) is 25.1 Å². The van der Waals surface area contributed by atoms with Crippen LogP contribution in [0.5, 0.6) is 5.75 Å². The highest BCUT2D eigenvalue weighted by Gasteiger charge is 2.34. The SMILES string of the molecule is C=CCOc1ccccc1/C=C1\SC(=S)N(c2cc(C(=O)[O-])ccc2C)C1=O. The second-order valence-electron chi connectivity index (χ2n) is 5.94. The van der Waals surface area contributed by atoms with Gasteiger partial charge in [0.15, 0.2) is 4.32 Å². The number of anilines is 1. The maximum Gasteiger partial charge on any atom is 0.270 e. The second-order valence-corrected chi connectivity index (χ2v) is 7.62. The Hall–Kier alpha value is -2.90. The first-order chi connectivity index (χ1) is 13.4. The van der Waals surface area contributed by atoms with Crippen LogP contribution in [0.2, 0.25) is 0 Å². The molecule has 1 saturated heterocycles. The molecule has 28 heavy (non-hydrogen) atoms. The second kappa shape index (κ2) is 8.41. The molecule has 2 aromatic rings. The monoisotopic (exact) mass is 410 g/mol. The number of carbonyl (C=O) groups is 2. The van der Waals surface area contributed by atoms with Crippen molar-refractivity contribution in [2.75, 3.05) is 11.5 Å². The molecule has 142 valence electrons. The van der Waals surface area contributed by atoms with Gasteiger partial charge in [-0.2, -0.15) is 0 Å². The van der Waals surface area contributed by atoms with Crippen molar-refractivity contribution in [2.24, 2.45) is 0 Å². The van der Waals surface area contributed by atoms with E-state index in [0.717, 1.165) is 22.9 Å². The van der Waals surface area contributed by atoms with Gasteiger partial charge in [-0.15, -0.1) is 0 Å². The third-order valence-electron chi connectivity index (χ3n) is 4.04. The lowest BCUT2D eigenvalue weighted by Crippen LogP contribution is -2.29. The van der Waals surface area contributed by atoms with Crippen LogP contribution < -0.4 is 14.7 Å². The largest absolute Gasteiger partial charge is 0.545 e. The molecular weight excluding hydrogens is 394 g/mol. The standard InChI is InChI=1S/C21H17NO4S2/c1-3-10-26-17-7-5-4-6-14(17)12-18-19(23)22(21(27)28-18)16-11-15(20(24)25)9-8-13(16)2/h3-9,11-12H,1,10H2,2H3,(H,24,25)/p-1/b18-12-. The molecule has 1 heterocycles. The van der Waals surface area contributed by atoms with Crippen LogP contribution in [0.15, 0.2) is 60.0 Å². The smallest absolute Gasteiger partial charge is 0.270 e. The van der Waals surface area contributed by atoms with Crippen molar-refractivity contribution in [1.82, 2.24) is 0 Å². The van der Waals surface area contributed by atoms with Crippen LogP contribution in [0.25, 0.3) is 6.08 Å². The minimum atomic E-state index is -1.31. The van der Waals surface area contributed by atoms with Gasteiger partial charge in [-0.1, -0.05) is 67.0 Å². The Morgan fingerprint density at radius 2 is 2.07 bits per heavy atom. The van der Waals surface area contributed by atoms with Gasteiger partial charge in [0.1, 0.15) is 12.4 Å². The summed E-state index contributed by atoms with van der Waals surface area (Å²) in [5.41, 5.74) is 1.90. The first-order valence-electron chi connectivity index (χ1n) is 8.35. The Kier molecular flexibility index (Phi) is 5.96. The van der Waals surface area contributed by atoms with Crippen molar-refractivity contribution < 1.29 is 19.4 Å². The molecule has 3 rings (SSSR count). The van der Waals surface area contributed by atoms with Gasteiger partial charge >= 0.3 is 0 Å². The van der Waals surface area contributed by atoms with E-state index >= 15 is 0 Å². The molecule has 0 aliphatic carbocycles. The maximum absolute atomic E-state index is 13.0. The van der Waals surface area contributed by atoms with Crippen LogP contribution in [0.1, 0.15) is 21.5 Å². The minimum Gasteiger partial charge on any atom is -0.545 e. The lowest BCUT2D eigenvalue weighted by molar-refractivity contribution is -0.255. The van der Waals surface area contributed by atoms with Crippen molar-refractivity contribution in [2.45, 2.75) is 6.92 Å². The van der Waals surface area contributed by atoms with Gasteiger partial charge in [0.25, 0.3) is 5.91 Å². The van der Waals surface area contributed by atoms with E-state index in [9.17, 15) is 14.7 Å². The average Bonchev–Trinajstić information content (AvgIpc) is 2.94. The number of nitrogens with zero attached hydrogens (tertiary/aromatic N) is 1. The first-order valence-corrected chi connectivity index (χ1v) is 9.57.